The van der Waals surface area contributed by atoms with Crippen LogP contribution in [0.25, 0.3) is 0 Å². The molecule has 2 N–H and O–H groups in total. The molecule has 92 valence electrons. The molecular formula is C12H13F2NO2. The maximum Gasteiger partial charge on any atom is 0.338 e. The van der Waals surface area contributed by atoms with Crippen molar-refractivity contribution in [2.24, 2.45) is 5.73 Å². The van der Waals surface area contributed by atoms with Gasteiger partial charge in [0, 0.05) is 13.0 Å². The third-order valence-electron chi connectivity index (χ3n) is 3.30. The molecule has 0 aliphatic heterocycles. The molecule has 0 bridgehead atoms. The monoisotopic (exact) mass is 241 g/mol. The lowest BCUT2D eigenvalue weighted by atomic mass is 9.90. The quantitative estimate of drug-likeness (QED) is 0.819. The standard InChI is InChI=1S/C12H13F2NO2/c1-17-10(16)8-4-2-3-5-9(8)11(7-15)6-12(11,13)14/h2-5H,6-7,15H2,1H3. The van der Waals surface area contributed by atoms with Crippen LogP contribution in [0.1, 0.15) is 22.3 Å². The number of ether oxygens (including phenoxy) is 1. The summed E-state index contributed by atoms with van der Waals surface area (Å²) in [5.41, 5.74) is 4.49. The van der Waals surface area contributed by atoms with Crippen LogP contribution in [0.5, 0.6) is 0 Å². The van der Waals surface area contributed by atoms with Gasteiger partial charge in [0.15, 0.2) is 0 Å². The van der Waals surface area contributed by atoms with Gasteiger partial charge in [-0.15, -0.1) is 0 Å². The summed E-state index contributed by atoms with van der Waals surface area (Å²) in [5.74, 6) is -3.46. The predicted octanol–water partition coefficient (Wildman–Crippen LogP) is 1.71. The number of nitrogens with two attached hydrogens (primary N) is 1. The molecule has 3 nitrogen and oxygen atoms in total. The molecule has 0 amide bonds. The minimum Gasteiger partial charge on any atom is -0.465 e. The number of esters is 1. The molecule has 1 unspecified atom stereocenters. The molecule has 1 aliphatic carbocycles. The SMILES string of the molecule is COC(=O)c1ccccc1C1(CN)CC1(F)F. The maximum absolute atomic E-state index is 13.5. The van der Waals surface area contributed by atoms with E-state index in [1.54, 1.807) is 12.1 Å². The Labute approximate surface area is 97.6 Å². The van der Waals surface area contributed by atoms with Gasteiger partial charge < -0.3 is 10.5 Å². The summed E-state index contributed by atoms with van der Waals surface area (Å²) in [7, 11) is 1.22. The molecule has 17 heavy (non-hydrogen) atoms. The number of alkyl halides is 2. The minimum absolute atomic E-state index is 0.164. The first-order chi connectivity index (χ1) is 7.98. The average Bonchev–Trinajstić information content (AvgIpc) is 2.92. The van der Waals surface area contributed by atoms with Gasteiger partial charge in [0.2, 0.25) is 0 Å². The van der Waals surface area contributed by atoms with Crippen molar-refractivity contribution in [1.82, 2.24) is 0 Å². The number of halogens is 2. The molecule has 1 fully saturated rings. The highest BCUT2D eigenvalue weighted by molar-refractivity contribution is 5.91. The van der Waals surface area contributed by atoms with Crippen LogP contribution in [0.15, 0.2) is 24.3 Å². The lowest BCUT2D eigenvalue weighted by molar-refractivity contribution is 0.0594. The fraction of sp³-hybridized carbons (Fsp3) is 0.417. The lowest BCUT2D eigenvalue weighted by Crippen LogP contribution is -2.29. The third kappa shape index (κ3) is 1.61. The van der Waals surface area contributed by atoms with E-state index in [1.165, 1.54) is 19.2 Å². The summed E-state index contributed by atoms with van der Waals surface area (Å²) in [6.45, 7) is -0.187. The predicted molar refractivity (Wildman–Crippen MR) is 58.1 cm³/mol. The van der Waals surface area contributed by atoms with E-state index in [-0.39, 0.29) is 24.1 Å². The molecule has 1 aliphatic rings. The zero-order chi connectivity index (χ0) is 12.7. The fourth-order valence-electron chi connectivity index (χ4n) is 2.15. The van der Waals surface area contributed by atoms with E-state index in [0.717, 1.165) is 0 Å². The van der Waals surface area contributed by atoms with Gasteiger partial charge in [-0.2, -0.15) is 0 Å². The van der Waals surface area contributed by atoms with Gasteiger partial charge in [-0.3, -0.25) is 0 Å². The Hall–Kier alpha value is -1.49. The number of rotatable bonds is 3. The van der Waals surface area contributed by atoms with E-state index in [2.05, 4.69) is 4.74 Å². The van der Waals surface area contributed by atoms with Crippen molar-refractivity contribution in [1.29, 1.82) is 0 Å². The first-order valence-corrected chi connectivity index (χ1v) is 5.24. The van der Waals surface area contributed by atoms with Crippen LogP contribution in [-0.4, -0.2) is 25.5 Å². The third-order valence-corrected chi connectivity index (χ3v) is 3.30. The smallest absolute Gasteiger partial charge is 0.338 e. The molecule has 0 radical (unpaired) electrons. The van der Waals surface area contributed by atoms with Crippen LogP contribution in [0.2, 0.25) is 0 Å². The second-order valence-corrected chi connectivity index (χ2v) is 4.20. The molecule has 0 aromatic heterocycles. The number of hydrogen-bond acceptors (Lipinski definition) is 3. The van der Waals surface area contributed by atoms with Crippen molar-refractivity contribution < 1.29 is 18.3 Å². The van der Waals surface area contributed by atoms with Crippen molar-refractivity contribution >= 4 is 5.97 Å². The first kappa shape index (κ1) is 12.0. The van der Waals surface area contributed by atoms with E-state index in [0.29, 0.717) is 0 Å². The average molecular weight is 241 g/mol. The van der Waals surface area contributed by atoms with Crippen molar-refractivity contribution in [2.75, 3.05) is 13.7 Å². The molecule has 0 saturated heterocycles. The second kappa shape index (κ2) is 3.77. The molecular weight excluding hydrogens is 228 g/mol. The number of carbonyl (C=O) groups is 1. The van der Waals surface area contributed by atoms with Crippen LogP contribution >= 0.6 is 0 Å². The van der Waals surface area contributed by atoms with E-state index >= 15 is 0 Å². The van der Waals surface area contributed by atoms with Gasteiger partial charge in [-0.25, -0.2) is 13.6 Å². The summed E-state index contributed by atoms with van der Waals surface area (Å²) >= 11 is 0. The summed E-state index contributed by atoms with van der Waals surface area (Å²) < 4.78 is 31.5. The van der Waals surface area contributed by atoms with Gasteiger partial charge >= 0.3 is 5.97 Å². The van der Waals surface area contributed by atoms with E-state index in [4.69, 9.17) is 5.73 Å². The van der Waals surface area contributed by atoms with Crippen LogP contribution < -0.4 is 5.73 Å². The largest absolute Gasteiger partial charge is 0.465 e. The summed E-state index contributed by atoms with van der Waals surface area (Å²) in [6.07, 6.45) is -0.315. The highest BCUT2D eigenvalue weighted by Gasteiger charge is 2.71. The summed E-state index contributed by atoms with van der Waals surface area (Å²) in [4.78, 5) is 11.5. The van der Waals surface area contributed by atoms with Gasteiger partial charge in [-0.05, 0) is 11.6 Å². The molecule has 1 atom stereocenters. The first-order valence-electron chi connectivity index (χ1n) is 5.24. The zero-order valence-corrected chi connectivity index (χ0v) is 9.37. The second-order valence-electron chi connectivity index (χ2n) is 4.20. The highest BCUT2D eigenvalue weighted by atomic mass is 19.3. The van der Waals surface area contributed by atoms with Gasteiger partial charge in [0.25, 0.3) is 5.92 Å². The fourth-order valence-corrected chi connectivity index (χ4v) is 2.15. The number of hydrogen-bond donors (Lipinski definition) is 1. The van der Waals surface area contributed by atoms with E-state index in [1.807, 2.05) is 0 Å². The summed E-state index contributed by atoms with van der Waals surface area (Å²) in [5, 5.41) is 0. The summed E-state index contributed by atoms with van der Waals surface area (Å²) in [6, 6.07) is 6.22. The number of benzene rings is 1. The van der Waals surface area contributed by atoms with E-state index in [9.17, 15) is 13.6 Å². The van der Waals surface area contributed by atoms with Crippen LogP contribution in [0.4, 0.5) is 8.78 Å². The van der Waals surface area contributed by atoms with Gasteiger partial charge in [0.05, 0.1) is 18.1 Å². The Morgan fingerprint density at radius 3 is 2.53 bits per heavy atom. The lowest BCUT2D eigenvalue weighted by Gasteiger charge is -2.17. The highest BCUT2D eigenvalue weighted by Crippen LogP contribution is 2.61. The Balaban J connectivity index is 2.50. The van der Waals surface area contributed by atoms with Crippen LogP contribution in [-0.2, 0) is 10.2 Å². The molecule has 2 rings (SSSR count). The van der Waals surface area contributed by atoms with Gasteiger partial charge in [0.1, 0.15) is 0 Å². The van der Waals surface area contributed by atoms with Crippen molar-refractivity contribution in [3.8, 4) is 0 Å². The molecule has 1 aromatic carbocycles. The molecule has 1 saturated carbocycles. The Bertz CT molecular complexity index is 462. The normalized spacial score (nSPS) is 25.4. The van der Waals surface area contributed by atoms with Crippen molar-refractivity contribution in [2.45, 2.75) is 17.8 Å². The zero-order valence-electron chi connectivity index (χ0n) is 9.37. The topological polar surface area (TPSA) is 52.3 Å². The van der Waals surface area contributed by atoms with Gasteiger partial charge in [-0.1, -0.05) is 18.2 Å². The Morgan fingerprint density at radius 1 is 1.47 bits per heavy atom. The van der Waals surface area contributed by atoms with Crippen LogP contribution in [0, 0.1) is 0 Å². The maximum atomic E-state index is 13.5. The number of carbonyl (C=O) groups excluding carboxylic acids is 1. The van der Waals surface area contributed by atoms with Crippen molar-refractivity contribution in [3.05, 3.63) is 35.4 Å². The number of methoxy groups -OCH3 is 1. The van der Waals surface area contributed by atoms with E-state index < -0.39 is 17.3 Å². The molecule has 0 spiro atoms. The molecule has 5 heteroatoms. The Morgan fingerprint density at radius 2 is 2.06 bits per heavy atom. The van der Waals surface area contributed by atoms with Crippen LogP contribution in [0.3, 0.4) is 0 Å². The molecule has 1 aromatic rings. The minimum atomic E-state index is -2.84. The Kier molecular flexibility index (Phi) is 2.66. The van der Waals surface area contributed by atoms with Crippen molar-refractivity contribution in [3.63, 3.8) is 0 Å². The molecule has 0 heterocycles.